The molecule has 0 atom stereocenters. The Morgan fingerprint density at radius 2 is 2.55 bits per heavy atom. The minimum atomic E-state index is 1.03. The first-order chi connectivity index (χ1) is 5.36. The van der Waals surface area contributed by atoms with Gasteiger partial charge in [-0.25, -0.2) is 4.98 Å². The van der Waals surface area contributed by atoms with Gasteiger partial charge in [0, 0.05) is 5.38 Å². The van der Waals surface area contributed by atoms with E-state index in [1.54, 1.807) is 11.3 Å². The molecule has 1 rings (SSSR count). The smallest absolute Gasteiger partial charge is 0.0925 e. The van der Waals surface area contributed by atoms with E-state index in [2.05, 4.69) is 23.9 Å². The van der Waals surface area contributed by atoms with Crippen molar-refractivity contribution >= 4 is 11.3 Å². The van der Waals surface area contributed by atoms with Crippen molar-refractivity contribution in [3.8, 4) is 0 Å². The summed E-state index contributed by atoms with van der Waals surface area (Å²) in [5.41, 5.74) is 1.21. The second-order valence-electron chi connectivity index (χ2n) is 2.41. The van der Waals surface area contributed by atoms with Crippen LogP contribution in [0.5, 0.6) is 0 Å². The second kappa shape index (κ2) is 4.29. The van der Waals surface area contributed by atoms with Gasteiger partial charge in [0.1, 0.15) is 0 Å². The lowest BCUT2D eigenvalue weighted by atomic mass is 10.2. The van der Waals surface area contributed by atoms with Crippen LogP contribution in [-0.2, 0) is 12.8 Å². The van der Waals surface area contributed by atoms with Gasteiger partial charge in [0.15, 0.2) is 0 Å². The Bertz CT molecular complexity index is 227. The lowest BCUT2D eigenvalue weighted by Gasteiger charge is -1.88. The highest BCUT2D eigenvalue weighted by Crippen LogP contribution is 2.11. The maximum Gasteiger partial charge on any atom is 0.0925 e. The van der Waals surface area contributed by atoms with Crippen molar-refractivity contribution in [2.24, 2.45) is 0 Å². The molecular formula is C9H13NS. The van der Waals surface area contributed by atoms with Gasteiger partial charge >= 0.3 is 0 Å². The lowest BCUT2D eigenvalue weighted by molar-refractivity contribution is 0.937. The molecule has 0 aromatic carbocycles. The zero-order chi connectivity index (χ0) is 8.10. The fourth-order valence-electron chi connectivity index (χ4n) is 0.876. The average molecular weight is 167 g/mol. The molecule has 11 heavy (non-hydrogen) atoms. The fraction of sp³-hybridized carbons (Fsp3) is 0.444. The molecule has 0 fully saturated rings. The van der Waals surface area contributed by atoms with Crippen molar-refractivity contribution < 1.29 is 0 Å². The first kappa shape index (κ1) is 8.47. The van der Waals surface area contributed by atoms with E-state index < -0.39 is 0 Å². The third-order valence-electron chi connectivity index (χ3n) is 1.51. The van der Waals surface area contributed by atoms with E-state index in [9.17, 15) is 0 Å². The van der Waals surface area contributed by atoms with E-state index in [1.165, 1.54) is 10.7 Å². The molecule has 0 aliphatic carbocycles. The van der Waals surface area contributed by atoms with Gasteiger partial charge in [-0.1, -0.05) is 13.0 Å². The summed E-state index contributed by atoms with van der Waals surface area (Å²) in [6, 6.07) is 0. The van der Waals surface area contributed by atoms with Gasteiger partial charge in [-0.2, -0.15) is 0 Å². The number of allylic oxidation sites excluding steroid dienone is 1. The van der Waals surface area contributed by atoms with Crippen LogP contribution < -0.4 is 0 Å². The number of hydrogen-bond donors (Lipinski definition) is 0. The molecule has 0 amide bonds. The van der Waals surface area contributed by atoms with E-state index >= 15 is 0 Å². The highest BCUT2D eigenvalue weighted by Gasteiger charge is 1.97. The zero-order valence-electron chi connectivity index (χ0n) is 6.84. The molecule has 1 aromatic heterocycles. The van der Waals surface area contributed by atoms with Crippen LogP contribution in [0.15, 0.2) is 18.0 Å². The topological polar surface area (TPSA) is 12.9 Å². The normalized spacial score (nSPS) is 9.91. The number of hydrogen-bond acceptors (Lipinski definition) is 2. The predicted molar refractivity (Wildman–Crippen MR) is 50.0 cm³/mol. The second-order valence-corrected chi connectivity index (χ2v) is 3.36. The number of nitrogens with zero attached hydrogens (tertiary/aromatic N) is 1. The van der Waals surface area contributed by atoms with Gasteiger partial charge in [0.25, 0.3) is 0 Å². The summed E-state index contributed by atoms with van der Waals surface area (Å²) in [6.07, 6.45) is 5.07. The SMILES string of the molecule is C=CCCc1csc(CC)n1. The Morgan fingerprint density at radius 1 is 1.73 bits per heavy atom. The summed E-state index contributed by atoms with van der Waals surface area (Å²) in [7, 11) is 0. The molecule has 0 bridgehead atoms. The minimum Gasteiger partial charge on any atom is -0.246 e. The van der Waals surface area contributed by atoms with Gasteiger partial charge < -0.3 is 0 Å². The maximum absolute atomic E-state index is 4.44. The molecule has 0 saturated heterocycles. The molecule has 60 valence electrons. The van der Waals surface area contributed by atoms with Crippen molar-refractivity contribution in [2.75, 3.05) is 0 Å². The summed E-state index contributed by atoms with van der Waals surface area (Å²) in [5.74, 6) is 0. The van der Waals surface area contributed by atoms with Crippen molar-refractivity contribution in [3.63, 3.8) is 0 Å². The molecule has 0 radical (unpaired) electrons. The molecule has 0 N–H and O–H groups in total. The Balaban J connectivity index is 2.50. The third kappa shape index (κ3) is 2.46. The van der Waals surface area contributed by atoms with E-state index in [0.717, 1.165) is 19.3 Å². The molecular weight excluding hydrogens is 154 g/mol. The molecule has 1 nitrogen and oxygen atoms in total. The summed E-state index contributed by atoms with van der Waals surface area (Å²) < 4.78 is 0. The maximum atomic E-state index is 4.44. The molecule has 1 heterocycles. The molecule has 0 aliphatic heterocycles. The van der Waals surface area contributed by atoms with Crippen molar-refractivity contribution in [2.45, 2.75) is 26.2 Å². The predicted octanol–water partition coefficient (Wildman–Crippen LogP) is 2.82. The van der Waals surface area contributed by atoms with E-state index in [0.29, 0.717) is 0 Å². The van der Waals surface area contributed by atoms with Crippen molar-refractivity contribution in [1.29, 1.82) is 0 Å². The quantitative estimate of drug-likeness (QED) is 0.628. The fourth-order valence-corrected chi connectivity index (χ4v) is 1.66. The zero-order valence-corrected chi connectivity index (χ0v) is 7.66. The molecule has 0 saturated carbocycles. The van der Waals surface area contributed by atoms with Crippen molar-refractivity contribution in [3.05, 3.63) is 28.7 Å². The van der Waals surface area contributed by atoms with Crippen LogP contribution in [0, 0.1) is 0 Å². The van der Waals surface area contributed by atoms with Gasteiger partial charge in [-0.15, -0.1) is 17.9 Å². The average Bonchev–Trinajstić information content (AvgIpc) is 2.48. The first-order valence-corrected chi connectivity index (χ1v) is 4.79. The standard InChI is InChI=1S/C9H13NS/c1-3-5-6-8-7-11-9(4-2)10-8/h3,7H,1,4-6H2,2H3. The Kier molecular flexibility index (Phi) is 3.30. The van der Waals surface area contributed by atoms with Gasteiger partial charge in [-0.05, 0) is 19.3 Å². The number of rotatable bonds is 4. The first-order valence-electron chi connectivity index (χ1n) is 3.91. The number of aryl methyl sites for hydroxylation is 2. The Hall–Kier alpha value is -0.630. The molecule has 0 unspecified atom stereocenters. The van der Waals surface area contributed by atoms with Gasteiger partial charge in [0.2, 0.25) is 0 Å². The highest BCUT2D eigenvalue weighted by atomic mass is 32.1. The van der Waals surface area contributed by atoms with Crippen LogP contribution in [0.4, 0.5) is 0 Å². The third-order valence-corrected chi connectivity index (χ3v) is 2.55. The van der Waals surface area contributed by atoms with E-state index in [-0.39, 0.29) is 0 Å². The lowest BCUT2D eigenvalue weighted by Crippen LogP contribution is -1.84. The highest BCUT2D eigenvalue weighted by molar-refractivity contribution is 7.09. The Morgan fingerprint density at radius 3 is 3.09 bits per heavy atom. The summed E-state index contributed by atoms with van der Waals surface area (Å²) in [4.78, 5) is 4.44. The summed E-state index contributed by atoms with van der Waals surface area (Å²) in [6.45, 7) is 5.81. The minimum absolute atomic E-state index is 1.03. The summed E-state index contributed by atoms with van der Waals surface area (Å²) in [5, 5.41) is 3.38. The van der Waals surface area contributed by atoms with Crippen LogP contribution >= 0.6 is 11.3 Å². The van der Waals surface area contributed by atoms with Crippen LogP contribution in [0.3, 0.4) is 0 Å². The van der Waals surface area contributed by atoms with E-state index in [1.807, 2.05) is 6.08 Å². The van der Waals surface area contributed by atoms with Gasteiger partial charge in [-0.3, -0.25) is 0 Å². The van der Waals surface area contributed by atoms with Crippen LogP contribution in [0.25, 0.3) is 0 Å². The van der Waals surface area contributed by atoms with E-state index in [4.69, 9.17) is 0 Å². The Labute approximate surface area is 71.8 Å². The number of aromatic nitrogens is 1. The number of thiazole rings is 1. The van der Waals surface area contributed by atoms with Crippen molar-refractivity contribution in [1.82, 2.24) is 4.98 Å². The largest absolute Gasteiger partial charge is 0.246 e. The molecule has 1 aromatic rings. The van der Waals surface area contributed by atoms with Crippen LogP contribution in [-0.4, -0.2) is 4.98 Å². The van der Waals surface area contributed by atoms with Crippen LogP contribution in [0.2, 0.25) is 0 Å². The van der Waals surface area contributed by atoms with Crippen LogP contribution in [0.1, 0.15) is 24.0 Å². The molecule has 0 spiro atoms. The van der Waals surface area contributed by atoms with Gasteiger partial charge in [0.05, 0.1) is 10.7 Å². The summed E-state index contributed by atoms with van der Waals surface area (Å²) >= 11 is 1.75. The molecule has 0 aliphatic rings. The molecule has 2 heteroatoms. The monoisotopic (exact) mass is 167 g/mol.